The molecule has 0 aliphatic carbocycles. The van der Waals surface area contributed by atoms with E-state index < -0.39 is 0 Å². The molecule has 2 aliphatic heterocycles. The monoisotopic (exact) mass is 343 g/mol. The first-order chi connectivity index (χ1) is 12.2. The number of unbranched alkanes of at least 4 members (excludes halogenated alkanes) is 1. The van der Waals surface area contributed by atoms with Crippen molar-refractivity contribution >= 4 is 11.6 Å². The molecule has 2 aliphatic rings. The Morgan fingerprint density at radius 2 is 1.84 bits per heavy atom. The third-order valence-corrected chi connectivity index (χ3v) is 5.71. The molecule has 1 atom stereocenters. The lowest BCUT2D eigenvalue weighted by Gasteiger charge is -2.28. The first kappa shape index (κ1) is 18.2. The molecule has 0 bridgehead atoms. The summed E-state index contributed by atoms with van der Waals surface area (Å²) in [6.07, 6.45) is 7.32. The molecule has 4 nitrogen and oxygen atoms in total. The third-order valence-electron chi connectivity index (χ3n) is 5.71. The van der Waals surface area contributed by atoms with E-state index in [1.54, 1.807) is 0 Å². The average molecular weight is 344 g/mol. The Kier molecular flexibility index (Phi) is 6.35. The average Bonchev–Trinajstić information content (AvgIpc) is 3.31. The van der Waals surface area contributed by atoms with Gasteiger partial charge in [0.15, 0.2) is 0 Å². The molecular weight excluding hydrogens is 310 g/mol. The van der Waals surface area contributed by atoms with Crippen molar-refractivity contribution < 1.29 is 4.79 Å². The molecular formula is C21H33N3O. The largest absolute Gasteiger partial charge is 0.375 e. The van der Waals surface area contributed by atoms with Crippen LogP contribution in [0.3, 0.4) is 0 Å². The predicted octanol–water partition coefficient (Wildman–Crippen LogP) is 3.62. The van der Waals surface area contributed by atoms with Crippen LogP contribution in [0.15, 0.2) is 24.3 Å². The maximum absolute atomic E-state index is 13.0. The molecule has 1 amide bonds. The van der Waals surface area contributed by atoms with Gasteiger partial charge in [0.05, 0.1) is 0 Å². The second-order valence-electron chi connectivity index (χ2n) is 7.62. The van der Waals surface area contributed by atoms with Gasteiger partial charge in [-0.1, -0.05) is 13.3 Å². The van der Waals surface area contributed by atoms with Crippen LogP contribution < -0.4 is 4.90 Å². The van der Waals surface area contributed by atoms with Crippen molar-refractivity contribution in [1.29, 1.82) is 0 Å². The van der Waals surface area contributed by atoms with Crippen LogP contribution in [0.25, 0.3) is 0 Å². The lowest BCUT2D eigenvalue weighted by atomic mass is 10.1. The molecule has 2 heterocycles. The molecule has 25 heavy (non-hydrogen) atoms. The van der Waals surface area contributed by atoms with Gasteiger partial charge in [-0.25, -0.2) is 0 Å². The summed E-state index contributed by atoms with van der Waals surface area (Å²) >= 11 is 0. The van der Waals surface area contributed by atoms with E-state index in [0.29, 0.717) is 6.04 Å². The van der Waals surface area contributed by atoms with Gasteiger partial charge in [0, 0.05) is 44.0 Å². The van der Waals surface area contributed by atoms with Crippen molar-refractivity contribution in [2.24, 2.45) is 0 Å². The standard InChI is InChI=1S/C21H33N3O/c1-3-4-13-22(2)19-11-9-18(10-12-19)21(25)24-16-7-8-20(24)17-23-14-5-6-15-23/h9-12,20H,3-8,13-17H2,1-2H3. The van der Waals surface area contributed by atoms with Crippen LogP contribution in [0.4, 0.5) is 5.69 Å². The Balaban J connectivity index is 1.61. The van der Waals surface area contributed by atoms with Gasteiger partial charge in [-0.3, -0.25) is 4.79 Å². The van der Waals surface area contributed by atoms with E-state index in [9.17, 15) is 4.79 Å². The number of rotatable bonds is 7. The summed E-state index contributed by atoms with van der Waals surface area (Å²) in [6.45, 7) is 7.66. The SMILES string of the molecule is CCCCN(C)c1ccc(C(=O)N2CCCC2CN2CCCC2)cc1. The van der Waals surface area contributed by atoms with Crippen molar-refractivity contribution in [3.05, 3.63) is 29.8 Å². The van der Waals surface area contributed by atoms with Gasteiger partial charge in [-0.15, -0.1) is 0 Å². The van der Waals surface area contributed by atoms with Crippen LogP contribution in [-0.4, -0.2) is 61.5 Å². The highest BCUT2D eigenvalue weighted by molar-refractivity contribution is 5.95. The van der Waals surface area contributed by atoms with Crippen molar-refractivity contribution in [1.82, 2.24) is 9.80 Å². The zero-order valence-corrected chi connectivity index (χ0v) is 15.9. The predicted molar refractivity (Wildman–Crippen MR) is 104 cm³/mol. The number of hydrogen-bond donors (Lipinski definition) is 0. The second-order valence-corrected chi connectivity index (χ2v) is 7.62. The molecule has 3 rings (SSSR count). The summed E-state index contributed by atoms with van der Waals surface area (Å²) in [4.78, 5) is 19.9. The highest BCUT2D eigenvalue weighted by Crippen LogP contribution is 2.23. The number of hydrogen-bond acceptors (Lipinski definition) is 3. The molecule has 2 fully saturated rings. The van der Waals surface area contributed by atoms with Crippen molar-refractivity contribution in [2.75, 3.05) is 44.7 Å². The van der Waals surface area contributed by atoms with Gasteiger partial charge in [-0.2, -0.15) is 0 Å². The number of anilines is 1. The Bertz CT molecular complexity index is 551. The highest BCUT2D eigenvalue weighted by atomic mass is 16.2. The minimum absolute atomic E-state index is 0.212. The normalized spacial score (nSPS) is 21.0. The van der Waals surface area contributed by atoms with Crippen molar-refractivity contribution in [3.8, 4) is 0 Å². The van der Waals surface area contributed by atoms with Gasteiger partial charge in [0.2, 0.25) is 0 Å². The van der Waals surface area contributed by atoms with Crippen LogP contribution in [-0.2, 0) is 0 Å². The van der Waals surface area contributed by atoms with Crippen molar-refractivity contribution in [2.45, 2.75) is 51.5 Å². The fourth-order valence-corrected chi connectivity index (χ4v) is 4.10. The molecule has 2 saturated heterocycles. The zero-order chi connectivity index (χ0) is 17.6. The summed E-state index contributed by atoms with van der Waals surface area (Å²) in [7, 11) is 2.12. The third kappa shape index (κ3) is 4.55. The van der Waals surface area contributed by atoms with Crippen LogP contribution in [0.1, 0.15) is 55.8 Å². The molecule has 1 aromatic rings. The molecule has 138 valence electrons. The Morgan fingerprint density at radius 1 is 1.12 bits per heavy atom. The van der Waals surface area contributed by atoms with E-state index in [2.05, 4.69) is 40.8 Å². The molecule has 1 unspecified atom stereocenters. The van der Waals surface area contributed by atoms with Gasteiger partial charge in [-0.05, 0) is 69.5 Å². The van der Waals surface area contributed by atoms with E-state index in [1.165, 1.54) is 44.5 Å². The van der Waals surface area contributed by atoms with E-state index in [4.69, 9.17) is 0 Å². The lowest BCUT2D eigenvalue weighted by Crippen LogP contribution is -2.42. The van der Waals surface area contributed by atoms with E-state index in [1.807, 2.05) is 12.1 Å². The minimum atomic E-state index is 0.212. The van der Waals surface area contributed by atoms with Gasteiger partial charge in [0.25, 0.3) is 5.91 Å². The molecule has 0 radical (unpaired) electrons. The molecule has 0 spiro atoms. The quantitative estimate of drug-likeness (QED) is 0.756. The Labute approximate surface area is 152 Å². The van der Waals surface area contributed by atoms with Crippen LogP contribution in [0.5, 0.6) is 0 Å². The number of nitrogens with zero attached hydrogens (tertiary/aromatic N) is 3. The lowest BCUT2D eigenvalue weighted by molar-refractivity contribution is 0.0709. The Morgan fingerprint density at radius 3 is 2.52 bits per heavy atom. The first-order valence-electron chi connectivity index (χ1n) is 10.0. The summed E-state index contributed by atoms with van der Waals surface area (Å²) in [6, 6.07) is 8.59. The molecule has 4 heteroatoms. The fourth-order valence-electron chi connectivity index (χ4n) is 4.10. The number of carbonyl (C=O) groups is 1. The highest BCUT2D eigenvalue weighted by Gasteiger charge is 2.31. The van der Waals surface area contributed by atoms with Crippen LogP contribution in [0, 0.1) is 0 Å². The fraction of sp³-hybridized carbons (Fsp3) is 0.667. The second kappa shape index (κ2) is 8.70. The van der Waals surface area contributed by atoms with E-state index >= 15 is 0 Å². The summed E-state index contributed by atoms with van der Waals surface area (Å²) in [5.41, 5.74) is 2.03. The molecule has 0 saturated carbocycles. The van der Waals surface area contributed by atoms with Gasteiger partial charge < -0.3 is 14.7 Å². The maximum atomic E-state index is 13.0. The molecule has 1 aromatic carbocycles. The zero-order valence-electron chi connectivity index (χ0n) is 15.9. The number of likely N-dealkylation sites (tertiary alicyclic amines) is 2. The van der Waals surface area contributed by atoms with Crippen LogP contribution >= 0.6 is 0 Å². The minimum Gasteiger partial charge on any atom is -0.375 e. The van der Waals surface area contributed by atoms with Crippen molar-refractivity contribution in [3.63, 3.8) is 0 Å². The summed E-state index contributed by atoms with van der Waals surface area (Å²) in [5, 5.41) is 0. The van der Waals surface area contributed by atoms with E-state index in [-0.39, 0.29) is 5.91 Å². The van der Waals surface area contributed by atoms with Gasteiger partial charge in [0.1, 0.15) is 0 Å². The van der Waals surface area contributed by atoms with E-state index in [0.717, 1.165) is 38.0 Å². The van der Waals surface area contributed by atoms with Crippen LogP contribution in [0.2, 0.25) is 0 Å². The number of amides is 1. The number of carbonyl (C=O) groups excluding carboxylic acids is 1. The molecule has 0 aromatic heterocycles. The summed E-state index contributed by atoms with van der Waals surface area (Å²) < 4.78 is 0. The topological polar surface area (TPSA) is 26.8 Å². The smallest absolute Gasteiger partial charge is 0.254 e. The maximum Gasteiger partial charge on any atom is 0.254 e. The van der Waals surface area contributed by atoms with Gasteiger partial charge >= 0.3 is 0 Å². The Hall–Kier alpha value is -1.55. The summed E-state index contributed by atoms with van der Waals surface area (Å²) in [5.74, 6) is 0.212. The molecule has 0 N–H and O–H groups in total. The number of benzene rings is 1. The first-order valence-corrected chi connectivity index (χ1v) is 10.0.